The highest BCUT2D eigenvalue weighted by Crippen LogP contribution is 2.43. The number of carbonyl (C=O) groups excluding carboxylic acids is 1. The Bertz CT molecular complexity index is 392. The van der Waals surface area contributed by atoms with Crippen LogP contribution in [0.2, 0.25) is 18.1 Å². The quantitative estimate of drug-likeness (QED) is 0.584. The van der Waals surface area contributed by atoms with Crippen molar-refractivity contribution in [1.82, 2.24) is 0 Å². The van der Waals surface area contributed by atoms with E-state index in [1.807, 2.05) is 18.4 Å². The molecule has 0 radical (unpaired) electrons. The predicted octanol–water partition coefficient (Wildman–Crippen LogP) is 4.57. The van der Waals surface area contributed by atoms with Gasteiger partial charge in [0, 0.05) is 11.3 Å². The van der Waals surface area contributed by atoms with Gasteiger partial charge in [-0.1, -0.05) is 26.8 Å². The molecule has 1 aromatic rings. The van der Waals surface area contributed by atoms with Crippen LogP contribution in [0.25, 0.3) is 0 Å². The van der Waals surface area contributed by atoms with Gasteiger partial charge in [0.05, 0.1) is 5.60 Å². The van der Waals surface area contributed by atoms with Gasteiger partial charge < -0.3 is 9.22 Å². The molecule has 18 heavy (non-hydrogen) atoms. The minimum atomic E-state index is -1.89. The molecule has 1 aromatic heterocycles. The fourth-order valence-electron chi connectivity index (χ4n) is 1.65. The Hall–Kier alpha value is -0.453. The summed E-state index contributed by atoms with van der Waals surface area (Å²) in [6.45, 7) is 13.1. The second-order valence-corrected chi connectivity index (χ2v) is 12.1. The maximum atomic E-state index is 11.0. The molecular weight excluding hydrogens is 260 g/mol. The molecule has 2 nitrogen and oxygen atoms in total. The highest BCUT2D eigenvalue weighted by atomic mass is 32.1. The van der Waals surface area contributed by atoms with Crippen molar-refractivity contribution < 1.29 is 9.22 Å². The van der Waals surface area contributed by atoms with Gasteiger partial charge in [0.25, 0.3) is 0 Å². The van der Waals surface area contributed by atoms with Crippen LogP contribution in [0.4, 0.5) is 0 Å². The van der Waals surface area contributed by atoms with Gasteiger partial charge in [-0.2, -0.15) is 0 Å². The summed E-state index contributed by atoms with van der Waals surface area (Å²) in [5.41, 5.74) is -0.473. The lowest BCUT2D eigenvalue weighted by Crippen LogP contribution is -2.47. The summed E-state index contributed by atoms with van der Waals surface area (Å²) in [6.07, 6.45) is 1.38. The van der Waals surface area contributed by atoms with E-state index in [0.717, 1.165) is 11.2 Å². The van der Waals surface area contributed by atoms with Crippen molar-refractivity contribution in [3.63, 3.8) is 0 Å². The SMILES string of the molecule is CC(C)(C)[Si](C)(C)O[C@@](C)(CC=O)c1cccs1. The molecule has 0 N–H and O–H groups in total. The second-order valence-electron chi connectivity index (χ2n) is 6.44. The Morgan fingerprint density at radius 3 is 2.33 bits per heavy atom. The van der Waals surface area contributed by atoms with Gasteiger partial charge in [0.15, 0.2) is 8.32 Å². The molecule has 1 heterocycles. The summed E-state index contributed by atoms with van der Waals surface area (Å²) in [5, 5.41) is 2.18. The first-order valence-corrected chi connectivity index (χ1v) is 10.1. The molecule has 0 aromatic carbocycles. The van der Waals surface area contributed by atoms with Crippen LogP contribution in [-0.2, 0) is 14.8 Å². The Morgan fingerprint density at radius 2 is 1.94 bits per heavy atom. The Labute approximate surface area is 116 Å². The molecule has 0 spiro atoms. The van der Waals surface area contributed by atoms with Gasteiger partial charge in [-0.15, -0.1) is 11.3 Å². The van der Waals surface area contributed by atoms with Gasteiger partial charge in [-0.05, 0) is 36.5 Å². The van der Waals surface area contributed by atoms with Crippen LogP contribution in [0.1, 0.15) is 39.0 Å². The normalized spacial score (nSPS) is 16.3. The van der Waals surface area contributed by atoms with Crippen molar-refractivity contribution >= 4 is 25.9 Å². The zero-order chi connectivity index (χ0) is 14.0. The maximum absolute atomic E-state index is 11.0. The number of rotatable bonds is 5. The van der Waals surface area contributed by atoms with E-state index in [-0.39, 0.29) is 5.04 Å². The lowest BCUT2D eigenvalue weighted by molar-refractivity contribution is -0.111. The van der Waals surface area contributed by atoms with Crippen LogP contribution in [0, 0.1) is 0 Å². The maximum Gasteiger partial charge on any atom is 0.193 e. The molecule has 0 aliphatic carbocycles. The third-order valence-electron chi connectivity index (χ3n) is 3.80. The summed E-state index contributed by atoms with van der Waals surface area (Å²) in [7, 11) is -1.89. The largest absolute Gasteiger partial charge is 0.406 e. The average Bonchev–Trinajstić information content (AvgIpc) is 2.67. The first-order valence-electron chi connectivity index (χ1n) is 6.30. The minimum Gasteiger partial charge on any atom is -0.406 e. The number of hydrogen-bond donors (Lipinski definition) is 0. The zero-order valence-electron chi connectivity index (χ0n) is 12.2. The third-order valence-corrected chi connectivity index (χ3v) is 9.49. The van der Waals surface area contributed by atoms with E-state index in [2.05, 4.69) is 39.9 Å². The van der Waals surface area contributed by atoms with Crippen LogP contribution in [-0.4, -0.2) is 14.6 Å². The molecule has 1 rings (SSSR count). The lowest BCUT2D eigenvalue weighted by Gasteiger charge is -2.43. The number of hydrogen-bond acceptors (Lipinski definition) is 3. The van der Waals surface area contributed by atoms with E-state index in [1.165, 1.54) is 0 Å². The second kappa shape index (κ2) is 5.27. The van der Waals surface area contributed by atoms with Crippen molar-refractivity contribution in [3.05, 3.63) is 22.4 Å². The van der Waals surface area contributed by atoms with Crippen LogP contribution < -0.4 is 0 Å². The first kappa shape index (κ1) is 15.6. The fourth-order valence-corrected chi connectivity index (χ4v) is 4.18. The van der Waals surface area contributed by atoms with Crippen LogP contribution >= 0.6 is 11.3 Å². The Kier molecular flexibility index (Phi) is 4.57. The monoisotopic (exact) mass is 284 g/mol. The van der Waals surface area contributed by atoms with E-state index in [4.69, 9.17) is 4.43 Å². The van der Waals surface area contributed by atoms with Gasteiger partial charge in [0.2, 0.25) is 0 Å². The summed E-state index contributed by atoms with van der Waals surface area (Å²) in [4.78, 5) is 12.1. The molecule has 0 saturated heterocycles. The van der Waals surface area contributed by atoms with Crippen molar-refractivity contribution in [3.8, 4) is 0 Å². The summed E-state index contributed by atoms with van der Waals surface area (Å²) < 4.78 is 6.49. The van der Waals surface area contributed by atoms with E-state index in [1.54, 1.807) is 11.3 Å². The smallest absolute Gasteiger partial charge is 0.193 e. The standard InChI is InChI=1S/C14H24O2SSi/c1-13(2,3)18(5,6)16-14(4,9-10-15)12-8-7-11-17-12/h7-8,10-11H,9H2,1-6H3/t14-/m0/s1. The molecular formula is C14H24O2SSi. The average molecular weight is 284 g/mol. The van der Waals surface area contributed by atoms with Crippen molar-refractivity contribution in [2.75, 3.05) is 0 Å². The van der Waals surface area contributed by atoms with E-state index < -0.39 is 13.9 Å². The molecule has 0 saturated carbocycles. The summed E-state index contributed by atoms with van der Waals surface area (Å²) in [5.74, 6) is 0. The first-order chi connectivity index (χ1) is 8.12. The van der Waals surface area contributed by atoms with Crippen LogP contribution in [0.3, 0.4) is 0 Å². The molecule has 0 bridgehead atoms. The topological polar surface area (TPSA) is 26.3 Å². The Balaban J connectivity index is 3.05. The summed E-state index contributed by atoms with van der Waals surface area (Å²) in [6, 6.07) is 4.07. The van der Waals surface area contributed by atoms with E-state index in [0.29, 0.717) is 6.42 Å². The molecule has 1 atom stereocenters. The molecule has 0 amide bonds. The van der Waals surface area contributed by atoms with E-state index >= 15 is 0 Å². The molecule has 0 aliphatic rings. The van der Waals surface area contributed by atoms with Gasteiger partial charge in [0.1, 0.15) is 6.29 Å². The molecule has 0 fully saturated rings. The Morgan fingerprint density at radius 1 is 1.33 bits per heavy atom. The number of thiophene rings is 1. The van der Waals surface area contributed by atoms with E-state index in [9.17, 15) is 4.79 Å². The predicted molar refractivity (Wildman–Crippen MR) is 80.6 cm³/mol. The van der Waals surface area contributed by atoms with Crippen molar-refractivity contribution in [2.24, 2.45) is 0 Å². The highest BCUT2D eigenvalue weighted by molar-refractivity contribution is 7.10. The summed E-state index contributed by atoms with van der Waals surface area (Å²) >= 11 is 1.66. The molecule has 4 heteroatoms. The third kappa shape index (κ3) is 3.31. The highest BCUT2D eigenvalue weighted by Gasteiger charge is 2.43. The van der Waals surface area contributed by atoms with Crippen molar-refractivity contribution in [2.45, 2.75) is 57.8 Å². The lowest BCUT2D eigenvalue weighted by atomic mass is 10.0. The van der Waals surface area contributed by atoms with Gasteiger partial charge >= 0.3 is 0 Å². The van der Waals surface area contributed by atoms with Crippen LogP contribution in [0.15, 0.2) is 17.5 Å². The molecule has 0 aliphatic heterocycles. The van der Waals surface area contributed by atoms with Gasteiger partial charge in [-0.25, -0.2) is 0 Å². The van der Waals surface area contributed by atoms with Crippen molar-refractivity contribution in [1.29, 1.82) is 0 Å². The minimum absolute atomic E-state index is 0.147. The zero-order valence-corrected chi connectivity index (χ0v) is 14.1. The number of carbonyl (C=O) groups is 1. The fraction of sp³-hybridized carbons (Fsp3) is 0.643. The molecule has 0 unspecified atom stereocenters. The van der Waals surface area contributed by atoms with Gasteiger partial charge in [-0.3, -0.25) is 0 Å². The van der Waals surface area contributed by atoms with Crippen LogP contribution in [0.5, 0.6) is 0 Å². The molecule has 102 valence electrons. The number of aldehydes is 1.